The Morgan fingerprint density at radius 1 is 1.15 bits per heavy atom. The average molecular weight is 400 g/mol. The molecule has 0 aliphatic carbocycles. The van der Waals surface area contributed by atoms with Crippen molar-refractivity contribution in [1.82, 2.24) is 5.32 Å². The van der Waals surface area contributed by atoms with Crippen LogP contribution in [0, 0.1) is 24.4 Å². The first-order valence-corrected chi connectivity index (χ1v) is 8.54. The largest absolute Gasteiger partial charge is 0.448 e. The lowest BCUT2D eigenvalue weighted by molar-refractivity contribution is -0.130. The molecule has 0 aliphatic heterocycles. The molecule has 2 amide bonds. The van der Waals surface area contributed by atoms with Gasteiger partial charge in [-0.25, -0.2) is 18.0 Å². The maximum atomic E-state index is 13.5. The van der Waals surface area contributed by atoms with Crippen molar-refractivity contribution in [3.8, 4) is 0 Å². The summed E-state index contributed by atoms with van der Waals surface area (Å²) < 4.78 is 44.5. The molecule has 144 valence electrons. The van der Waals surface area contributed by atoms with E-state index in [1.54, 1.807) is 18.4 Å². The lowest BCUT2D eigenvalue weighted by Crippen LogP contribution is -2.40. The molecular formula is C17H15F3N2O4S. The van der Waals surface area contributed by atoms with E-state index in [2.05, 4.69) is 5.32 Å². The molecule has 6 nitrogen and oxygen atoms in total. The molecule has 0 unspecified atom stereocenters. The number of esters is 1. The summed E-state index contributed by atoms with van der Waals surface area (Å²) in [6, 6.07) is 3.23. The van der Waals surface area contributed by atoms with Crippen molar-refractivity contribution in [2.45, 2.75) is 20.0 Å². The number of thiophene rings is 1. The van der Waals surface area contributed by atoms with Crippen LogP contribution in [-0.4, -0.2) is 30.4 Å². The Hall–Kier alpha value is -2.88. The van der Waals surface area contributed by atoms with Gasteiger partial charge in [-0.15, -0.1) is 11.3 Å². The van der Waals surface area contributed by atoms with E-state index in [9.17, 15) is 27.6 Å². The third-order valence-electron chi connectivity index (χ3n) is 3.43. The number of hydrogen-bond acceptors (Lipinski definition) is 5. The fourth-order valence-electron chi connectivity index (χ4n) is 1.98. The van der Waals surface area contributed by atoms with Gasteiger partial charge in [0.05, 0.1) is 12.2 Å². The van der Waals surface area contributed by atoms with Crippen LogP contribution in [0.4, 0.5) is 18.9 Å². The number of carbonyl (C=O) groups is 3. The van der Waals surface area contributed by atoms with E-state index in [1.165, 1.54) is 18.3 Å². The van der Waals surface area contributed by atoms with Gasteiger partial charge in [0.25, 0.3) is 5.91 Å². The zero-order valence-corrected chi connectivity index (χ0v) is 15.1. The van der Waals surface area contributed by atoms with Gasteiger partial charge in [-0.05, 0) is 43.0 Å². The standard InChI is InChI=1S/C17H15F3N2O4S/c1-8-5-6-27-15(8)17(25)26-9(2)16(24)21-7-12(23)22-11-4-3-10(18)13(19)14(11)20/h3-6,9H,7H2,1-2H3,(H,21,24)(H,22,23)/t9-/m0/s1. The van der Waals surface area contributed by atoms with Crippen molar-refractivity contribution >= 4 is 34.8 Å². The van der Waals surface area contributed by atoms with Crippen molar-refractivity contribution in [2.75, 3.05) is 11.9 Å². The average Bonchev–Trinajstić information content (AvgIpc) is 3.06. The van der Waals surface area contributed by atoms with E-state index in [-0.39, 0.29) is 0 Å². The Kier molecular flexibility index (Phi) is 6.56. The molecule has 2 aromatic rings. The van der Waals surface area contributed by atoms with Crippen LogP contribution in [-0.2, 0) is 14.3 Å². The first kappa shape index (κ1) is 20.4. The number of amides is 2. The number of benzene rings is 1. The zero-order valence-electron chi connectivity index (χ0n) is 14.3. The van der Waals surface area contributed by atoms with Gasteiger partial charge in [0, 0.05) is 0 Å². The molecule has 27 heavy (non-hydrogen) atoms. The molecule has 1 aromatic heterocycles. The Morgan fingerprint density at radius 2 is 1.85 bits per heavy atom. The van der Waals surface area contributed by atoms with E-state index < -0.39 is 53.6 Å². The second-order valence-corrected chi connectivity index (χ2v) is 6.39. The van der Waals surface area contributed by atoms with E-state index in [0.29, 0.717) is 16.5 Å². The van der Waals surface area contributed by atoms with Crippen LogP contribution in [0.5, 0.6) is 0 Å². The Bertz CT molecular complexity index is 885. The molecule has 1 atom stereocenters. The second-order valence-electron chi connectivity index (χ2n) is 5.47. The number of hydrogen-bond donors (Lipinski definition) is 2. The lowest BCUT2D eigenvalue weighted by Gasteiger charge is -2.13. The smallest absolute Gasteiger partial charge is 0.349 e. The van der Waals surface area contributed by atoms with Crippen molar-refractivity contribution in [1.29, 1.82) is 0 Å². The summed E-state index contributed by atoms with van der Waals surface area (Å²) in [4.78, 5) is 35.9. The van der Waals surface area contributed by atoms with Crippen LogP contribution in [0.25, 0.3) is 0 Å². The molecule has 2 rings (SSSR count). The quantitative estimate of drug-likeness (QED) is 0.577. The number of aryl methyl sites for hydroxylation is 1. The molecule has 0 saturated heterocycles. The third kappa shape index (κ3) is 5.07. The van der Waals surface area contributed by atoms with Crippen LogP contribution in [0.2, 0.25) is 0 Å². The first-order chi connectivity index (χ1) is 12.7. The van der Waals surface area contributed by atoms with Gasteiger partial charge < -0.3 is 15.4 Å². The monoisotopic (exact) mass is 400 g/mol. The molecule has 1 heterocycles. The minimum absolute atomic E-state index is 0.362. The summed E-state index contributed by atoms with van der Waals surface area (Å²) in [6.07, 6.45) is -1.17. The highest BCUT2D eigenvalue weighted by Crippen LogP contribution is 2.19. The molecule has 10 heteroatoms. The molecule has 0 aliphatic rings. The van der Waals surface area contributed by atoms with Gasteiger partial charge in [0.2, 0.25) is 5.91 Å². The van der Waals surface area contributed by atoms with E-state index in [1.807, 2.05) is 5.32 Å². The zero-order chi connectivity index (χ0) is 20.1. The van der Waals surface area contributed by atoms with Crippen molar-refractivity contribution < 1.29 is 32.3 Å². The van der Waals surface area contributed by atoms with Crippen LogP contribution in [0.15, 0.2) is 23.6 Å². The number of halogens is 3. The maximum Gasteiger partial charge on any atom is 0.349 e. The highest BCUT2D eigenvalue weighted by atomic mass is 32.1. The second kappa shape index (κ2) is 8.67. The van der Waals surface area contributed by atoms with E-state index >= 15 is 0 Å². The van der Waals surface area contributed by atoms with Crippen LogP contribution < -0.4 is 10.6 Å². The normalized spacial score (nSPS) is 11.6. The molecule has 0 spiro atoms. The summed E-state index contributed by atoms with van der Waals surface area (Å²) in [5.74, 6) is -6.96. The maximum absolute atomic E-state index is 13.5. The van der Waals surface area contributed by atoms with E-state index in [4.69, 9.17) is 4.74 Å². The number of carbonyl (C=O) groups excluding carboxylic acids is 3. The third-order valence-corrected chi connectivity index (χ3v) is 4.43. The molecule has 0 fully saturated rings. The molecule has 1 aromatic carbocycles. The minimum Gasteiger partial charge on any atom is -0.448 e. The molecule has 0 saturated carbocycles. The fraction of sp³-hybridized carbons (Fsp3) is 0.235. The molecule has 2 N–H and O–H groups in total. The topological polar surface area (TPSA) is 84.5 Å². The summed E-state index contributed by atoms with van der Waals surface area (Å²) in [6.45, 7) is 2.46. The van der Waals surface area contributed by atoms with Crippen LogP contribution >= 0.6 is 11.3 Å². The van der Waals surface area contributed by atoms with Gasteiger partial charge in [-0.1, -0.05) is 0 Å². The van der Waals surface area contributed by atoms with Crippen molar-refractivity contribution in [2.24, 2.45) is 0 Å². The predicted octanol–water partition coefficient (Wildman–Crippen LogP) is 2.77. The fourth-order valence-corrected chi connectivity index (χ4v) is 2.78. The SMILES string of the molecule is Cc1ccsc1C(=O)O[C@@H](C)C(=O)NCC(=O)Nc1ccc(F)c(F)c1F. The Morgan fingerprint density at radius 3 is 2.48 bits per heavy atom. The van der Waals surface area contributed by atoms with Crippen LogP contribution in [0.1, 0.15) is 22.2 Å². The molecule has 0 radical (unpaired) electrons. The van der Waals surface area contributed by atoms with Crippen molar-refractivity contribution in [3.63, 3.8) is 0 Å². The summed E-state index contributed by atoms with van der Waals surface area (Å²) >= 11 is 1.17. The number of ether oxygens (including phenoxy) is 1. The Labute approximate surface area is 156 Å². The summed E-state index contributed by atoms with van der Waals surface area (Å²) in [5.41, 5.74) is 0.145. The summed E-state index contributed by atoms with van der Waals surface area (Å²) in [7, 11) is 0. The van der Waals surface area contributed by atoms with Gasteiger partial charge in [-0.2, -0.15) is 0 Å². The van der Waals surface area contributed by atoms with Crippen molar-refractivity contribution in [3.05, 3.63) is 51.5 Å². The predicted molar refractivity (Wildman–Crippen MR) is 91.9 cm³/mol. The number of nitrogens with one attached hydrogen (secondary N) is 2. The highest BCUT2D eigenvalue weighted by Gasteiger charge is 2.21. The molecule has 0 bridgehead atoms. The summed E-state index contributed by atoms with van der Waals surface area (Å²) in [5, 5.41) is 5.91. The lowest BCUT2D eigenvalue weighted by atomic mass is 10.2. The first-order valence-electron chi connectivity index (χ1n) is 7.66. The van der Waals surface area contributed by atoms with E-state index in [0.717, 1.165) is 6.07 Å². The minimum atomic E-state index is -1.72. The molecular weight excluding hydrogens is 385 g/mol. The van der Waals surface area contributed by atoms with Gasteiger partial charge in [0.1, 0.15) is 4.88 Å². The van der Waals surface area contributed by atoms with Gasteiger partial charge in [0.15, 0.2) is 23.6 Å². The number of rotatable bonds is 6. The number of anilines is 1. The Balaban J connectivity index is 1.85. The van der Waals surface area contributed by atoms with Gasteiger partial charge >= 0.3 is 5.97 Å². The van der Waals surface area contributed by atoms with Gasteiger partial charge in [-0.3, -0.25) is 9.59 Å². The van der Waals surface area contributed by atoms with Crippen LogP contribution in [0.3, 0.4) is 0 Å². The highest BCUT2D eigenvalue weighted by molar-refractivity contribution is 7.12.